The van der Waals surface area contributed by atoms with Crippen molar-refractivity contribution in [3.8, 4) is 0 Å². The summed E-state index contributed by atoms with van der Waals surface area (Å²) in [5.41, 5.74) is 0. The minimum atomic E-state index is 0.0704. The monoisotopic (exact) mass is 288 g/mol. The third kappa shape index (κ3) is 2.97. The quantitative estimate of drug-likeness (QED) is 0.902. The zero-order valence-corrected chi connectivity index (χ0v) is 12.4. The van der Waals surface area contributed by atoms with Gasteiger partial charge >= 0.3 is 6.01 Å². The summed E-state index contributed by atoms with van der Waals surface area (Å²) in [5, 5.41) is 11.3. The SMILES string of the molecule is CNC(C)c1nnc(N2CCN(c3ccccn3)CC2)o1. The number of nitrogens with one attached hydrogen (secondary N) is 1. The van der Waals surface area contributed by atoms with Crippen LogP contribution in [0.4, 0.5) is 11.8 Å². The molecule has 0 amide bonds. The summed E-state index contributed by atoms with van der Waals surface area (Å²) in [7, 11) is 1.88. The van der Waals surface area contributed by atoms with E-state index < -0.39 is 0 Å². The Kier molecular flexibility index (Phi) is 4.01. The van der Waals surface area contributed by atoms with E-state index in [4.69, 9.17) is 4.42 Å². The lowest BCUT2D eigenvalue weighted by Crippen LogP contribution is -2.47. The number of hydrogen-bond acceptors (Lipinski definition) is 7. The lowest BCUT2D eigenvalue weighted by Gasteiger charge is -2.34. The van der Waals surface area contributed by atoms with Crippen LogP contribution in [0.2, 0.25) is 0 Å². The third-order valence-corrected chi connectivity index (χ3v) is 3.76. The first-order valence-electron chi connectivity index (χ1n) is 7.19. The second kappa shape index (κ2) is 6.09. The molecule has 1 atom stereocenters. The van der Waals surface area contributed by atoms with Gasteiger partial charge in [-0.2, -0.15) is 0 Å². The van der Waals surface area contributed by atoms with E-state index in [2.05, 4.69) is 30.3 Å². The van der Waals surface area contributed by atoms with E-state index in [9.17, 15) is 0 Å². The van der Waals surface area contributed by atoms with E-state index in [1.165, 1.54) is 0 Å². The van der Waals surface area contributed by atoms with Gasteiger partial charge < -0.3 is 19.5 Å². The summed E-state index contributed by atoms with van der Waals surface area (Å²) in [5.74, 6) is 1.65. The molecule has 3 rings (SSSR count). The smallest absolute Gasteiger partial charge is 0.318 e. The van der Waals surface area contributed by atoms with Gasteiger partial charge in [0.2, 0.25) is 5.89 Å². The Morgan fingerprint density at radius 2 is 1.90 bits per heavy atom. The molecule has 2 aromatic rings. The molecule has 1 unspecified atom stereocenters. The van der Waals surface area contributed by atoms with Gasteiger partial charge in [-0.05, 0) is 26.1 Å². The number of anilines is 2. The Hall–Kier alpha value is -2.15. The minimum Gasteiger partial charge on any atom is -0.406 e. The molecule has 21 heavy (non-hydrogen) atoms. The first-order chi connectivity index (χ1) is 10.3. The maximum atomic E-state index is 5.72. The molecule has 1 aliphatic rings. The fraction of sp³-hybridized carbons (Fsp3) is 0.500. The molecular weight excluding hydrogens is 268 g/mol. The van der Waals surface area contributed by atoms with Gasteiger partial charge in [0.15, 0.2) is 0 Å². The van der Waals surface area contributed by atoms with Gasteiger partial charge in [-0.25, -0.2) is 4.98 Å². The molecule has 0 saturated carbocycles. The van der Waals surface area contributed by atoms with Gasteiger partial charge in [0.05, 0.1) is 6.04 Å². The molecule has 1 saturated heterocycles. The Morgan fingerprint density at radius 1 is 1.14 bits per heavy atom. The summed E-state index contributed by atoms with van der Waals surface area (Å²) >= 11 is 0. The van der Waals surface area contributed by atoms with Crippen molar-refractivity contribution in [1.82, 2.24) is 20.5 Å². The molecule has 7 nitrogen and oxygen atoms in total. The minimum absolute atomic E-state index is 0.0704. The van der Waals surface area contributed by atoms with Crippen LogP contribution in [-0.2, 0) is 0 Å². The number of hydrogen-bond donors (Lipinski definition) is 1. The highest BCUT2D eigenvalue weighted by atomic mass is 16.4. The fourth-order valence-corrected chi connectivity index (χ4v) is 2.32. The van der Waals surface area contributed by atoms with Crippen molar-refractivity contribution in [1.29, 1.82) is 0 Å². The molecule has 0 radical (unpaired) electrons. The van der Waals surface area contributed by atoms with Crippen LogP contribution in [0, 0.1) is 0 Å². The molecule has 112 valence electrons. The summed E-state index contributed by atoms with van der Waals surface area (Å²) in [6, 6.07) is 6.66. The van der Waals surface area contributed by atoms with Crippen molar-refractivity contribution in [2.24, 2.45) is 0 Å². The lowest BCUT2D eigenvalue weighted by molar-refractivity contribution is 0.426. The lowest BCUT2D eigenvalue weighted by atomic mass is 10.3. The molecule has 0 spiro atoms. The summed E-state index contributed by atoms with van der Waals surface area (Å²) in [6.07, 6.45) is 1.82. The van der Waals surface area contributed by atoms with E-state index in [0.29, 0.717) is 11.9 Å². The molecule has 3 heterocycles. The topological polar surface area (TPSA) is 70.3 Å². The number of pyridine rings is 1. The predicted molar refractivity (Wildman–Crippen MR) is 80.4 cm³/mol. The fourth-order valence-electron chi connectivity index (χ4n) is 2.32. The van der Waals surface area contributed by atoms with E-state index >= 15 is 0 Å². The summed E-state index contributed by atoms with van der Waals surface area (Å²) in [4.78, 5) is 8.78. The molecule has 7 heteroatoms. The number of aromatic nitrogens is 3. The maximum absolute atomic E-state index is 5.72. The van der Waals surface area contributed by atoms with Crippen LogP contribution in [0.25, 0.3) is 0 Å². The van der Waals surface area contributed by atoms with E-state index in [1.54, 1.807) is 0 Å². The molecule has 1 N–H and O–H groups in total. The van der Waals surface area contributed by atoms with Crippen molar-refractivity contribution in [2.45, 2.75) is 13.0 Å². The van der Waals surface area contributed by atoms with Crippen molar-refractivity contribution < 1.29 is 4.42 Å². The summed E-state index contributed by atoms with van der Waals surface area (Å²) in [6.45, 7) is 5.50. The third-order valence-electron chi connectivity index (χ3n) is 3.76. The number of piperazine rings is 1. The largest absolute Gasteiger partial charge is 0.406 e. The van der Waals surface area contributed by atoms with Crippen LogP contribution < -0.4 is 15.1 Å². The molecule has 1 fully saturated rings. The van der Waals surface area contributed by atoms with Crippen LogP contribution >= 0.6 is 0 Å². The van der Waals surface area contributed by atoms with E-state index in [0.717, 1.165) is 32.0 Å². The molecule has 1 aliphatic heterocycles. The zero-order valence-electron chi connectivity index (χ0n) is 12.4. The molecule has 0 aliphatic carbocycles. The van der Waals surface area contributed by atoms with Gasteiger partial charge in [-0.15, -0.1) is 5.10 Å². The van der Waals surface area contributed by atoms with Gasteiger partial charge in [0, 0.05) is 32.4 Å². The summed E-state index contributed by atoms with van der Waals surface area (Å²) < 4.78 is 5.72. The van der Waals surface area contributed by atoms with Gasteiger partial charge in [0.25, 0.3) is 0 Å². The predicted octanol–water partition coefficient (Wildman–Crippen LogP) is 1.07. The first kappa shape index (κ1) is 13.8. The van der Waals surface area contributed by atoms with Gasteiger partial charge in [-0.1, -0.05) is 11.2 Å². The van der Waals surface area contributed by atoms with Crippen LogP contribution in [0.5, 0.6) is 0 Å². The van der Waals surface area contributed by atoms with Gasteiger partial charge in [-0.3, -0.25) is 0 Å². The van der Waals surface area contributed by atoms with Crippen molar-refractivity contribution in [3.05, 3.63) is 30.3 Å². The molecule has 0 aromatic carbocycles. The maximum Gasteiger partial charge on any atom is 0.318 e. The highest BCUT2D eigenvalue weighted by Crippen LogP contribution is 2.20. The first-order valence-corrected chi connectivity index (χ1v) is 7.19. The van der Waals surface area contributed by atoms with Crippen LogP contribution in [0.15, 0.2) is 28.8 Å². The Balaban J connectivity index is 1.62. The number of nitrogens with zero attached hydrogens (tertiary/aromatic N) is 5. The Labute approximate surface area is 124 Å². The molecular formula is C14H20N6O. The second-order valence-electron chi connectivity index (χ2n) is 5.10. The van der Waals surface area contributed by atoms with Crippen molar-refractivity contribution in [3.63, 3.8) is 0 Å². The Bertz CT molecular complexity index is 564. The molecule has 0 bridgehead atoms. The van der Waals surface area contributed by atoms with Crippen LogP contribution in [0.1, 0.15) is 18.9 Å². The number of rotatable bonds is 4. The second-order valence-corrected chi connectivity index (χ2v) is 5.10. The standard InChI is InChI=1S/C14H20N6O/c1-11(15-2)13-17-18-14(21-13)20-9-7-19(8-10-20)12-5-3-4-6-16-12/h3-6,11,15H,7-10H2,1-2H3. The highest BCUT2D eigenvalue weighted by molar-refractivity contribution is 5.41. The average Bonchev–Trinajstić information content (AvgIpc) is 3.05. The Morgan fingerprint density at radius 3 is 2.57 bits per heavy atom. The molecule has 2 aromatic heterocycles. The van der Waals surface area contributed by atoms with Crippen LogP contribution in [-0.4, -0.2) is 48.4 Å². The average molecular weight is 288 g/mol. The highest BCUT2D eigenvalue weighted by Gasteiger charge is 2.22. The van der Waals surface area contributed by atoms with Crippen molar-refractivity contribution >= 4 is 11.8 Å². The van der Waals surface area contributed by atoms with E-state index in [-0.39, 0.29) is 6.04 Å². The van der Waals surface area contributed by atoms with E-state index in [1.807, 2.05) is 38.4 Å². The normalized spacial score (nSPS) is 17.0. The zero-order chi connectivity index (χ0) is 14.7. The van der Waals surface area contributed by atoms with Gasteiger partial charge in [0.1, 0.15) is 5.82 Å². The van der Waals surface area contributed by atoms with Crippen molar-refractivity contribution in [2.75, 3.05) is 43.0 Å². The van der Waals surface area contributed by atoms with Crippen LogP contribution in [0.3, 0.4) is 0 Å².